The summed E-state index contributed by atoms with van der Waals surface area (Å²) < 4.78 is 1.89. The quantitative estimate of drug-likeness (QED) is 0.621. The number of rotatable bonds is 5. The van der Waals surface area contributed by atoms with Crippen LogP contribution in [0.15, 0.2) is 24.3 Å². The van der Waals surface area contributed by atoms with Gasteiger partial charge in [-0.15, -0.1) is 10.2 Å². The summed E-state index contributed by atoms with van der Waals surface area (Å²) in [5.74, 6) is -0.373. The van der Waals surface area contributed by atoms with Crippen molar-refractivity contribution in [1.29, 1.82) is 0 Å². The third-order valence-corrected chi connectivity index (χ3v) is 6.50. The lowest BCUT2D eigenvalue weighted by molar-refractivity contribution is 0.0682. The standard InChI is InChI=1S/C19H16Cl2N6O2S/c20-12-4-2-1-3-11(12)9-26-7-8-27-15(17(26)29)13(10-5-6-10)14(25-27)16(28)22-19-24-23-18(21)30-19/h1-4,10H,5-9H2,(H,22,24,28). The number of benzene rings is 1. The van der Waals surface area contributed by atoms with Crippen LogP contribution in [0, 0.1) is 0 Å². The van der Waals surface area contributed by atoms with Gasteiger partial charge in [0.25, 0.3) is 11.8 Å². The molecule has 3 aromatic rings. The molecular weight excluding hydrogens is 447 g/mol. The number of nitrogens with zero attached hydrogens (tertiary/aromatic N) is 5. The average Bonchev–Trinajstić information content (AvgIpc) is 3.36. The number of halogens is 2. The van der Waals surface area contributed by atoms with E-state index in [2.05, 4.69) is 20.6 Å². The Balaban J connectivity index is 1.46. The van der Waals surface area contributed by atoms with Crippen LogP contribution in [0.2, 0.25) is 9.49 Å². The molecule has 2 aliphatic rings. The number of amides is 2. The van der Waals surface area contributed by atoms with Crippen molar-refractivity contribution < 1.29 is 9.59 Å². The first kappa shape index (κ1) is 19.5. The molecular formula is C19H16Cl2N6O2S. The van der Waals surface area contributed by atoms with Crippen molar-refractivity contribution in [3.8, 4) is 0 Å². The van der Waals surface area contributed by atoms with Gasteiger partial charge in [0, 0.05) is 23.7 Å². The van der Waals surface area contributed by atoms with Gasteiger partial charge in [0.05, 0.1) is 6.54 Å². The molecule has 2 aromatic heterocycles. The lowest BCUT2D eigenvalue weighted by Gasteiger charge is -2.28. The minimum absolute atomic E-state index is 0.131. The Morgan fingerprint density at radius 1 is 1.20 bits per heavy atom. The molecule has 1 saturated carbocycles. The Kier molecular flexibility index (Phi) is 4.96. The topological polar surface area (TPSA) is 93.0 Å². The summed E-state index contributed by atoms with van der Waals surface area (Å²) in [5.41, 5.74) is 2.37. The van der Waals surface area contributed by atoms with E-state index in [4.69, 9.17) is 23.2 Å². The molecule has 30 heavy (non-hydrogen) atoms. The molecule has 0 unspecified atom stereocenters. The molecule has 1 aliphatic heterocycles. The van der Waals surface area contributed by atoms with Crippen LogP contribution in [0.5, 0.6) is 0 Å². The Morgan fingerprint density at radius 2 is 2.00 bits per heavy atom. The predicted octanol–water partition coefficient (Wildman–Crippen LogP) is 3.83. The molecule has 0 atom stereocenters. The highest BCUT2D eigenvalue weighted by Gasteiger charge is 2.40. The summed E-state index contributed by atoms with van der Waals surface area (Å²) in [6.07, 6.45) is 1.86. The maximum absolute atomic E-state index is 13.3. The second-order valence-electron chi connectivity index (χ2n) is 7.24. The number of carbonyl (C=O) groups excluding carboxylic acids is 2. The molecule has 0 saturated heterocycles. The molecule has 0 bridgehead atoms. The van der Waals surface area contributed by atoms with E-state index in [9.17, 15) is 9.59 Å². The number of aromatic nitrogens is 4. The smallest absolute Gasteiger partial charge is 0.278 e. The van der Waals surface area contributed by atoms with Crippen molar-refractivity contribution >= 4 is 51.5 Å². The highest BCUT2D eigenvalue weighted by Crippen LogP contribution is 2.44. The minimum Gasteiger partial charge on any atom is -0.331 e. The first-order valence-corrected chi connectivity index (χ1v) is 11.0. The lowest BCUT2D eigenvalue weighted by Crippen LogP contribution is -2.40. The summed E-state index contributed by atoms with van der Waals surface area (Å²) in [4.78, 5) is 28.0. The SMILES string of the molecule is O=C(Nc1nnc(Cl)s1)c1nn2c(c1C1CC1)C(=O)N(Cc1ccccc1Cl)CC2. The molecule has 11 heteroatoms. The van der Waals surface area contributed by atoms with Crippen LogP contribution >= 0.6 is 34.5 Å². The van der Waals surface area contributed by atoms with Gasteiger partial charge in [-0.3, -0.25) is 19.6 Å². The summed E-state index contributed by atoms with van der Waals surface area (Å²) in [7, 11) is 0. The van der Waals surface area contributed by atoms with Crippen LogP contribution in [0.4, 0.5) is 5.13 Å². The number of anilines is 1. The third-order valence-electron chi connectivity index (χ3n) is 5.20. The monoisotopic (exact) mass is 462 g/mol. The van der Waals surface area contributed by atoms with Gasteiger partial charge < -0.3 is 4.90 Å². The maximum atomic E-state index is 13.3. The van der Waals surface area contributed by atoms with Crippen molar-refractivity contribution in [2.45, 2.75) is 31.8 Å². The summed E-state index contributed by atoms with van der Waals surface area (Å²) >= 11 is 13.1. The van der Waals surface area contributed by atoms with Crippen molar-refractivity contribution in [2.75, 3.05) is 11.9 Å². The van der Waals surface area contributed by atoms with Gasteiger partial charge in [-0.25, -0.2) is 0 Å². The van der Waals surface area contributed by atoms with Gasteiger partial charge in [0.15, 0.2) is 5.69 Å². The second kappa shape index (κ2) is 7.64. The lowest BCUT2D eigenvalue weighted by atomic mass is 10.0. The molecule has 1 fully saturated rings. The number of hydrogen-bond acceptors (Lipinski definition) is 6. The fourth-order valence-corrected chi connectivity index (χ4v) is 4.57. The minimum atomic E-state index is -0.405. The molecule has 0 radical (unpaired) electrons. The number of hydrogen-bond donors (Lipinski definition) is 1. The van der Waals surface area contributed by atoms with E-state index in [1.807, 2.05) is 24.3 Å². The van der Waals surface area contributed by atoms with Crippen LogP contribution in [-0.2, 0) is 13.1 Å². The van der Waals surface area contributed by atoms with Gasteiger partial charge in [-0.1, -0.05) is 41.1 Å². The Bertz CT molecular complexity index is 1160. The molecule has 0 spiro atoms. The number of carbonyl (C=O) groups is 2. The van der Waals surface area contributed by atoms with Crippen molar-refractivity contribution in [3.63, 3.8) is 0 Å². The zero-order valence-corrected chi connectivity index (χ0v) is 18.0. The molecule has 3 heterocycles. The van der Waals surface area contributed by atoms with E-state index in [-0.39, 0.29) is 22.0 Å². The fourth-order valence-electron chi connectivity index (χ4n) is 3.65. The Labute approximate surface area is 185 Å². The van der Waals surface area contributed by atoms with Gasteiger partial charge in [0.2, 0.25) is 9.60 Å². The number of fused-ring (bicyclic) bond motifs is 1. The maximum Gasteiger partial charge on any atom is 0.278 e. The van der Waals surface area contributed by atoms with Crippen molar-refractivity contribution in [2.24, 2.45) is 0 Å². The van der Waals surface area contributed by atoms with Gasteiger partial charge in [-0.05, 0) is 42.0 Å². The fraction of sp³-hybridized carbons (Fsp3) is 0.316. The molecule has 1 N–H and O–H groups in total. The van der Waals surface area contributed by atoms with Crippen molar-refractivity contribution in [1.82, 2.24) is 24.9 Å². The van der Waals surface area contributed by atoms with E-state index < -0.39 is 5.91 Å². The van der Waals surface area contributed by atoms with Crippen LogP contribution in [0.1, 0.15) is 50.9 Å². The molecule has 1 aliphatic carbocycles. The van der Waals surface area contributed by atoms with Gasteiger partial charge in [-0.2, -0.15) is 5.10 Å². The summed E-state index contributed by atoms with van der Waals surface area (Å²) in [5, 5.41) is 15.6. The zero-order valence-electron chi connectivity index (χ0n) is 15.6. The zero-order chi connectivity index (χ0) is 20.8. The summed E-state index contributed by atoms with van der Waals surface area (Å²) in [6, 6.07) is 7.49. The highest BCUT2D eigenvalue weighted by atomic mass is 35.5. The first-order valence-electron chi connectivity index (χ1n) is 9.45. The van der Waals surface area contributed by atoms with Crippen LogP contribution in [0.3, 0.4) is 0 Å². The third kappa shape index (κ3) is 3.57. The predicted molar refractivity (Wildman–Crippen MR) is 113 cm³/mol. The van der Waals surface area contributed by atoms with Crippen molar-refractivity contribution in [3.05, 3.63) is 56.3 Å². The van der Waals surface area contributed by atoms with E-state index in [1.54, 1.807) is 9.58 Å². The second-order valence-corrected chi connectivity index (χ2v) is 9.21. The van der Waals surface area contributed by atoms with E-state index >= 15 is 0 Å². The largest absolute Gasteiger partial charge is 0.331 e. The highest BCUT2D eigenvalue weighted by molar-refractivity contribution is 7.19. The summed E-state index contributed by atoms with van der Waals surface area (Å²) in [6.45, 7) is 1.43. The van der Waals surface area contributed by atoms with Crippen LogP contribution in [-0.4, -0.2) is 43.2 Å². The van der Waals surface area contributed by atoms with Gasteiger partial charge >= 0.3 is 0 Å². The van der Waals surface area contributed by atoms with Crippen LogP contribution < -0.4 is 5.32 Å². The molecule has 2 amide bonds. The Hall–Kier alpha value is -2.49. The molecule has 5 rings (SSSR count). The normalized spacial score (nSPS) is 15.9. The van der Waals surface area contributed by atoms with E-state index in [0.717, 1.165) is 35.3 Å². The Morgan fingerprint density at radius 3 is 2.70 bits per heavy atom. The first-order chi connectivity index (χ1) is 14.5. The molecule has 8 nitrogen and oxygen atoms in total. The van der Waals surface area contributed by atoms with Gasteiger partial charge in [0.1, 0.15) is 5.69 Å². The average molecular weight is 463 g/mol. The number of nitrogens with one attached hydrogen (secondary N) is 1. The molecule has 154 valence electrons. The van der Waals surface area contributed by atoms with E-state index in [0.29, 0.717) is 35.5 Å². The van der Waals surface area contributed by atoms with Crippen LogP contribution in [0.25, 0.3) is 0 Å². The van der Waals surface area contributed by atoms with E-state index in [1.165, 1.54) is 0 Å². The molecule has 1 aromatic carbocycles.